The minimum absolute atomic E-state index is 0.0925. The maximum atomic E-state index is 11.9. The zero-order valence-corrected chi connectivity index (χ0v) is 15.7. The molecule has 1 fully saturated rings. The summed E-state index contributed by atoms with van der Waals surface area (Å²) in [5, 5.41) is 0.381. The van der Waals surface area contributed by atoms with Gasteiger partial charge in [0.15, 0.2) is 0 Å². The van der Waals surface area contributed by atoms with E-state index in [2.05, 4.69) is 24.8 Å². The van der Waals surface area contributed by atoms with Crippen LogP contribution in [0, 0.1) is 6.92 Å². The van der Waals surface area contributed by atoms with E-state index in [4.69, 9.17) is 9.47 Å². The third kappa shape index (κ3) is 3.55. The van der Waals surface area contributed by atoms with Crippen LogP contribution in [0.5, 0.6) is 11.6 Å². The Labute approximate surface area is 160 Å². The van der Waals surface area contributed by atoms with Gasteiger partial charge in [0.05, 0.1) is 18.7 Å². The molecule has 1 aliphatic heterocycles. The zero-order chi connectivity index (χ0) is 19.7. The Bertz CT molecular complexity index is 1100. The fourth-order valence-electron chi connectivity index (χ4n) is 3.44. The molecule has 0 aromatic carbocycles. The van der Waals surface area contributed by atoms with Gasteiger partial charge in [-0.3, -0.25) is 14.8 Å². The van der Waals surface area contributed by atoms with Crippen LogP contribution in [-0.4, -0.2) is 46.2 Å². The highest BCUT2D eigenvalue weighted by Crippen LogP contribution is 2.25. The molecule has 9 nitrogen and oxygen atoms in total. The van der Waals surface area contributed by atoms with E-state index in [9.17, 15) is 9.59 Å². The second-order valence-electron chi connectivity index (χ2n) is 6.77. The minimum atomic E-state index is -0.556. The summed E-state index contributed by atoms with van der Waals surface area (Å²) in [7, 11) is 1.58. The molecule has 0 saturated carbocycles. The maximum absolute atomic E-state index is 11.9. The first-order chi connectivity index (χ1) is 13.5. The fraction of sp³-hybridized carbons (Fsp3) is 0.368. The van der Waals surface area contributed by atoms with Crippen LogP contribution in [0.2, 0.25) is 0 Å². The summed E-state index contributed by atoms with van der Waals surface area (Å²) < 4.78 is 11.1. The van der Waals surface area contributed by atoms with E-state index in [-0.39, 0.29) is 6.10 Å². The number of aromatic nitrogens is 4. The average Bonchev–Trinajstić information content (AvgIpc) is 2.69. The lowest BCUT2D eigenvalue weighted by molar-refractivity contribution is 0.170. The molecule has 0 spiro atoms. The predicted octanol–water partition coefficient (Wildman–Crippen LogP) is 1.37. The van der Waals surface area contributed by atoms with Crippen molar-refractivity contribution in [3.63, 3.8) is 0 Å². The van der Waals surface area contributed by atoms with Crippen molar-refractivity contribution in [1.82, 2.24) is 19.9 Å². The van der Waals surface area contributed by atoms with Gasteiger partial charge in [-0.15, -0.1) is 0 Å². The Morgan fingerprint density at radius 3 is 2.64 bits per heavy atom. The molecule has 0 radical (unpaired) electrons. The van der Waals surface area contributed by atoms with Gasteiger partial charge in [0, 0.05) is 32.0 Å². The molecule has 3 aromatic rings. The summed E-state index contributed by atoms with van der Waals surface area (Å²) in [6, 6.07) is 5.38. The number of methoxy groups -OCH3 is 1. The lowest BCUT2D eigenvalue weighted by atomic mass is 10.1. The summed E-state index contributed by atoms with van der Waals surface area (Å²) in [4.78, 5) is 39.1. The van der Waals surface area contributed by atoms with E-state index in [1.165, 1.54) is 0 Å². The highest BCUT2D eigenvalue weighted by molar-refractivity contribution is 5.77. The summed E-state index contributed by atoms with van der Waals surface area (Å²) >= 11 is 0. The molecule has 3 aromatic heterocycles. The van der Waals surface area contributed by atoms with Gasteiger partial charge in [0.1, 0.15) is 23.3 Å². The number of fused-ring (bicyclic) bond motifs is 1. The van der Waals surface area contributed by atoms with E-state index < -0.39 is 11.2 Å². The van der Waals surface area contributed by atoms with Gasteiger partial charge in [-0.2, -0.15) is 0 Å². The molecule has 0 atom stereocenters. The van der Waals surface area contributed by atoms with Crippen molar-refractivity contribution in [1.29, 1.82) is 0 Å². The Morgan fingerprint density at radius 2 is 1.96 bits per heavy atom. The number of aryl methyl sites for hydroxylation is 1. The van der Waals surface area contributed by atoms with E-state index in [1.54, 1.807) is 25.4 Å². The number of aromatic amines is 2. The Morgan fingerprint density at radius 1 is 1.18 bits per heavy atom. The van der Waals surface area contributed by atoms with Gasteiger partial charge < -0.3 is 14.4 Å². The number of H-pyrrole nitrogens is 2. The standard InChI is InChI=1S/C19H21N5O4/c1-11-9-14-16(22-19(26)23-18(14)25)21-17(11)24-7-5-12(6-8-24)28-13-3-4-15(27-2)20-10-13/h3-4,9-10,12H,5-8H2,1-2H3,(H2,21,22,23,25,26). The van der Waals surface area contributed by atoms with Crippen molar-refractivity contribution < 1.29 is 9.47 Å². The molecular weight excluding hydrogens is 362 g/mol. The molecule has 1 aliphatic rings. The number of nitrogens with one attached hydrogen (secondary N) is 2. The van der Waals surface area contributed by atoms with Crippen LogP contribution in [0.1, 0.15) is 18.4 Å². The number of ether oxygens (including phenoxy) is 2. The summed E-state index contributed by atoms with van der Waals surface area (Å²) in [5.41, 5.74) is 0.210. The van der Waals surface area contributed by atoms with Gasteiger partial charge in [-0.1, -0.05) is 0 Å². The van der Waals surface area contributed by atoms with Crippen molar-refractivity contribution in [2.24, 2.45) is 0 Å². The topological polar surface area (TPSA) is 113 Å². The second kappa shape index (κ2) is 7.34. The highest BCUT2D eigenvalue weighted by Gasteiger charge is 2.23. The van der Waals surface area contributed by atoms with Crippen molar-refractivity contribution in [2.75, 3.05) is 25.1 Å². The first-order valence-electron chi connectivity index (χ1n) is 9.09. The van der Waals surface area contributed by atoms with Crippen molar-refractivity contribution in [3.05, 3.63) is 50.8 Å². The molecule has 0 aliphatic carbocycles. The SMILES string of the molecule is COc1ccc(OC2CCN(c3nc4[nH]c(=O)[nH]c(=O)c4cc3C)CC2)cn1. The number of nitrogens with zero attached hydrogens (tertiary/aromatic N) is 3. The first-order valence-corrected chi connectivity index (χ1v) is 9.09. The van der Waals surface area contributed by atoms with E-state index in [0.717, 1.165) is 43.1 Å². The van der Waals surface area contributed by atoms with Gasteiger partial charge in [0.2, 0.25) is 5.88 Å². The Balaban J connectivity index is 1.48. The van der Waals surface area contributed by atoms with Crippen LogP contribution in [0.4, 0.5) is 5.82 Å². The molecule has 2 N–H and O–H groups in total. The minimum Gasteiger partial charge on any atom is -0.489 e. The molecule has 146 valence electrons. The molecule has 0 amide bonds. The van der Waals surface area contributed by atoms with Gasteiger partial charge in [0.25, 0.3) is 5.56 Å². The lowest BCUT2D eigenvalue weighted by Gasteiger charge is -2.33. The van der Waals surface area contributed by atoms with E-state index in [0.29, 0.717) is 16.9 Å². The summed E-state index contributed by atoms with van der Waals surface area (Å²) in [5.74, 6) is 2.05. The third-order valence-corrected chi connectivity index (χ3v) is 4.85. The average molecular weight is 383 g/mol. The van der Waals surface area contributed by atoms with E-state index >= 15 is 0 Å². The van der Waals surface area contributed by atoms with Gasteiger partial charge >= 0.3 is 5.69 Å². The maximum Gasteiger partial charge on any atom is 0.327 e. The predicted molar refractivity (Wildman–Crippen MR) is 104 cm³/mol. The molecule has 0 unspecified atom stereocenters. The quantitative estimate of drug-likeness (QED) is 0.699. The number of hydrogen-bond acceptors (Lipinski definition) is 7. The summed E-state index contributed by atoms with van der Waals surface area (Å²) in [6.07, 6.45) is 3.41. The lowest BCUT2D eigenvalue weighted by Crippen LogP contribution is -2.39. The van der Waals surface area contributed by atoms with Crippen LogP contribution in [0.25, 0.3) is 11.0 Å². The highest BCUT2D eigenvalue weighted by atomic mass is 16.5. The van der Waals surface area contributed by atoms with Crippen LogP contribution < -0.4 is 25.6 Å². The number of hydrogen-bond donors (Lipinski definition) is 2. The number of anilines is 1. The van der Waals surface area contributed by atoms with Crippen molar-refractivity contribution >= 4 is 16.9 Å². The molecule has 28 heavy (non-hydrogen) atoms. The monoisotopic (exact) mass is 383 g/mol. The largest absolute Gasteiger partial charge is 0.489 e. The van der Waals surface area contributed by atoms with E-state index in [1.807, 2.05) is 13.0 Å². The zero-order valence-electron chi connectivity index (χ0n) is 15.7. The third-order valence-electron chi connectivity index (χ3n) is 4.85. The number of pyridine rings is 2. The number of piperidine rings is 1. The second-order valence-corrected chi connectivity index (χ2v) is 6.77. The van der Waals surface area contributed by atoms with Crippen LogP contribution >= 0.6 is 0 Å². The summed E-state index contributed by atoms with van der Waals surface area (Å²) in [6.45, 7) is 3.44. The molecule has 1 saturated heterocycles. The Hall–Kier alpha value is -3.36. The van der Waals surface area contributed by atoms with Crippen molar-refractivity contribution in [2.45, 2.75) is 25.9 Å². The molecular formula is C19H21N5O4. The molecule has 4 rings (SSSR count). The van der Waals surface area contributed by atoms with Crippen LogP contribution in [0.3, 0.4) is 0 Å². The Kier molecular flexibility index (Phi) is 4.72. The molecule has 0 bridgehead atoms. The molecule has 4 heterocycles. The van der Waals surface area contributed by atoms with Crippen LogP contribution in [0.15, 0.2) is 34.0 Å². The van der Waals surface area contributed by atoms with Crippen LogP contribution in [-0.2, 0) is 0 Å². The number of rotatable bonds is 4. The normalized spacial score (nSPS) is 15.0. The van der Waals surface area contributed by atoms with Crippen molar-refractivity contribution in [3.8, 4) is 11.6 Å². The van der Waals surface area contributed by atoms with Gasteiger partial charge in [-0.25, -0.2) is 14.8 Å². The first kappa shape index (κ1) is 18.0. The van der Waals surface area contributed by atoms with Gasteiger partial charge in [-0.05, 0) is 24.6 Å². The fourth-order valence-corrected chi connectivity index (χ4v) is 3.44. The molecule has 9 heteroatoms. The smallest absolute Gasteiger partial charge is 0.327 e.